The predicted molar refractivity (Wildman–Crippen MR) is 100 cm³/mol. The number of benzene rings is 2. The second kappa shape index (κ2) is 8.55. The minimum Gasteiger partial charge on any atom is -0.479 e. The lowest BCUT2D eigenvalue weighted by Gasteiger charge is -2.32. The molecule has 0 fully saturated rings. The molecule has 29 heavy (non-hydrogen) atoms. The monoisotopic (exact) mass is 409 g/mol. The van der Waals surface area contributed by atoms with Crippen LogP contribution in [0.3, 0.4) is 0 Å². The zero-order chi connectivity index (χ0) is 21.8. The fourth-order valence-electron chi connectivity index (χ4n) is 2.67. The minimum atomic E-state index is -4.55. The highest BCUT2D eigenvalue weighted by molar-refractivity contribution is 5.81. The minimum absolute atomic E-state index is 0.0345. The Kier molecular flexibility index (Phi) is 6.56. The second-order valence-corrected chi connectivity index (χ2v) is 7.45. The van der Waals surface area contributed by atoms with Crippen LogP contribution < -0.4 is 0 Å². The van der Waals surface area contributed by atoms with E-state index in [0.717, 1.165) is 29.2 Å². The molecule has 156 valence electrons. The number of ether oxygens (including phenoxy) is 1. The van der Waals surface area contributed by atoms with Gasteiger partial charge in [0, 0.05) is 0 Å². The summed E-state index contributed by atoms with van der Waals surface area (Å²) in [5.74, 6) is -1.38. The third kappa shape index (κ3) is 6.23. The molecule has 5 nitrogen and oxygen atoms in total. The molecule has 0 aliphatic heterocycles. The molecular formula is C21H22F3NO4. The molecule has 8 heteroatoms. The van der Waals surface area contributed by atoms with Crippen molar-refractivity contribution in [3.8, 4) is 0 Å². The molecule has 1 N–H and O–H groups in total. The maximum atomic E-state index is 12.8. The number of amides is 1. The Hall–Kier alpha value is -3.03. The number of hydrogen-bond donors (Lipinski definition) is 1. The van der Waals surface area contributed by atoms with Gasteiger partial charge in [0.25, 0.3) is 0 Å². The smallest absolute Gasteiger partial charge is 0.416 e. The normalized spacial score (nSPS) is 12.9. The van der Waals surface area contributed by atoms with E-state index in [1.54, 1.807) is 51.1 Å². The summed E-state index contributed by atoms with van der Waals surface area (Å²) in [7, 11) is 0. The Morgan fingerprint density at radius 1 is 1.00 bits per heavy atom. The van der Waals surface area contributed by atoms with Crippen LogP contribution in [0.5, 0.6) is 0 Å². The van der Waals surface area contributed by atoms with E-state index >= 15 is 0 Å². The number of carboxylic acids is 1. The van der Waals surface area contributed by atoms with Crippen LogP contribution in [0.2, 0.25) is 0 Å². The SMILES string of the molecule is CC(C)(C)OC(=O)N(Cc1ccccc1)C(C(=O)O)c1ccc(C(F)(F)F)cc1. The van der Waals surface area contributed by atoms with Crippen LogP contribution in [-0.4, -0.2) is 27.7 Å². The topological polar surface area (TPSA) is 66.8 Å². The number of hydrogen-bond acceptors (Lipinski definition) is 3. The van der Waals surface area contributed by atoms with Crippen LogP contribution in [0.4, 0.5) is 18.0 Å². The molecule has 0 heterocycles. The van der Waals surface area contributed by atoms with Crippen LogP contribution in [0.25, 0.3) is 0 Å². The van der Waals surface area contributed by atoms with Gasteiger partial charge in [-0.25, -0.2) is 9.59 Å². The van der Waals surface area contributed by atoms with E-state index in [1.165, 1.54) is 0 Å². The second-order valence-electron chi connectivity index (χ2n) is 7.45. The van der Waals surface area contributed by atoms with Crippen molar-refractivity contribution in [2.45, 2.75) is 45.1 Å². The van der Waals surface area contributed by atoms with Gasteiger partial charge in [0.15, 0.2) is 6.04 Å². The van der Waals surface area contributed by atoms with Crippen LogP contribution in [0.15, 0.2) is 54.6 Å². The van der Waals surface area contributed by atoms with Gasteiger partial charge in [0.05, 0.1) is 12.1 Å². The highest BCUT2D eigenvalue weighted by Gasteiger charge is 2.36. The highest BCUT2D eigenvalue weighted by atomic mass is 19.4. The van der Waals surface area contributed by atoms with Gasteiger partial charge in [0.1, 0.15) is 5.60 Å². The summed E-state index contributed by atoms with van der Waals surface area (Å²) in [5.41, 5.74) is -1.10. The van der Waals surface area contributed by atoms with E-state index in [0.29, 0.717) is 5.56 Å². The van der Waals surface area contributed by atoms with Crippen molar-refractivity contribution >= 4 is 12.1 Å². The first-order valence-electron chi connectivity index (χ1n) is 8.82. The van der Waals surface area contributed by atoms with Crippen molar-refractivity contribution in [3.05, 3.63) is 71.3 Å². The summed E-state index contributed by atoms with van der Waals surface area (Å²) < 4.78 is 43.9. The zero-order valence-corrected chi connectivity index (χ0v) is 16.2. The van der Waals surface area contributed by atoms with Gasteiger partial charge in [-0.05, 0) is 44.0 Å². The van der Waals surface area contributed by atoms with Gasteiger partial charge < -0.3 is 9.84 Å². The fraction of sp³-hybridized carbons (Fsp3) is 0.333. The Morgan fingerprint density at radius 3 is 2.00 bits per heavy atom. The van der Waals surface area contributed by atoms with Crippen molar-refractivity contribution in [2.24, 2.45) is 0 Å². The molecule has 0 saturated carbocycles. The average Bonchev–Trinajstić information content (AvgIpc) is 2.60. The zero-order valence-electron chi connectivity index (χ0n) is 16.2. The molecule has 1 atom stereocenters. The lowest BCUT2D eigenvalue weighted by atomic mass is 10.0. The van der Waals surface area contributed by atoms with Crippen LogP contribution in [0.1, 0.15) is 43.5 Å². The van der Waals surface area contributed by atoms with E-state index in [1.807, 2.05) is 0 Å². The number of aliphatic carboxylic acids is 1. The number of carbonyl (C=O) groups is 2. The number of carbonyl (C=O) groups excluding carboxylic acids is 1. The summed E-state index contributed by atoms with van der Waals surface area (Å²) in [6.07, 6.45) is -5.43. The van der Waals surface area contributed by atoms with Gasteiger partial charge in [0.2, 0.25) is 0 Å². The van der Waals surface area contributed by atoms with Gasteiger partial charge in [-0.15, -0.1) is 0 Å². The first-order chi connectivity index (χ1) is 13.4. The van der Waals surface area contributed by atoms with Gasteiger partial charge in [-0.1, -0.05) is 42.5 Å². The molecule has 0 aromatic heterocycles. The molecule has 1 unspecified atom stereocenters. The highest BCUT2D eigenvalue weighted by Crippen LogP contribution is 2.32. The van der Waals surface area contributed by atoms with E-state index in [4.69, 9.17) is 4.74 Å². The van der Waals surface area contributed by atoms with Gasteiger partial charge in [-0.3, -0.25) is 4.90 Å². The first-order valence-corrected chi connectivity index (χ1v) is 8.82. The number of carboxylic acid groups (broad SMARTS) is 1. The number of nitrogens with zero attached hydrogens (tertiary/aromatic N) is 1. The lowest BCUT2D eigenvalue weighted by Crippen LogP contribution is -2.41. The Labute approximate surface area is 166 Å². The summed E-state index contributed by atoms with van der Waals surface area (Å²) in [6, 6.07) is 10.8. The van der Waals surface area contributed by atoms with Crippen molar-refractivity contribution < 1.29 is 32.6 Å². The van der Waals surface area contributed by atoms with Crippen LogP contribution in [0, 0.1) is 0 Å². The molecule has 0 spiro atoms. The molecule has 0 aliphatic carbocycles. The van der Waals surface area contributed by atoms with Gasteiger partial charge in [-0.2, -0.15) is 13.2 Å². The Balaban J connectivity index is 2.45. The molecule has 0 saturated heterocycles. The van der Waals surface area contributed by atoms with Crippen molar-refractivity contribution in [1.82, 2.24) is 4.90 Å². The summed E-state index contributed by atoms with van der Waals surface area (Å²) >= 11 is 0. The standard InChI is InChI=1S/C21H22F3NO4/c1-20(2,3)29-19(28)25(13-14-7-5-4-6-8-14)17(18(26)27)15-9-11-16(12-10-15)21(22,23)24/h4-12,17H,13H2,1-3H3,(H,26,27). The number of halogens is 3. The molecule has 0 bridgehead atoms. The van der Waals surface area contributed by atoms with E-state index < -0.39 is 35.4 Å². The average molecular weight is 409 g/mol. The first kappa shape index (κ1) is 22.3. The molecule has 0 radical (unpaired) electrons. The number of rotatable bonds is 5. The summed E-state index contributed by atoms with van der Waals surface area (Å²) in [5, 5.41) is 9.78. The third-order valence-corrected chi connectivity index (χ3v) is 3.92. The molecule has 1 amide bonds. The largest absolute Gasteiger partial charge is 0.479 e. The predicted octanol–water partition coefficient (Wildman–Crippen LogP) is 5.27. The quantitative estimate of drug-likeness (QED) is 0.731. The maximum Gasteiger partial charge on any atom is 0.416 e. The van der Waals surface area contributed by atoms with Crippen LogP contribution in [-0.2, 0) is 22.3 Å². The lowest BCUT2D eigenvalue weighted by molar-refractivity contribution is -0.143. The van der Waals surface area contributed by atoms with E-state index in [9.17, 15) is 27.9 Å². The summed E-state index contributed by atoms with van der Waals surface area (Å²) in [4.78, 5) is 25.8. The molecular weight excluding hydrogens is 387 g/mol. The summed E-state index contributed by atoms with van der Waals surface area (Å²) in [6.45, 7) is 4.83. The molecule has 2 aromatic carbocycles. The molecule has 2 rings (SSSR count). The van der Waals surface area contributed by atoms with Crippen molar-refractivity contribution in [3.63, 3.8) is 0 Å². The van der Waals surface area contributed by atoms with Crippen LogP contribution >= 0.6 is 0 Å². The maximum absolute atomic E-state index is 12.8. The Bertz CT molecular complexity index is 843. The number of alkyl halides is 3. The van der Waals surface area contributed by atoms with Crippen molar-refractivity contribution in [2.75, 3.05) is 0 Å². The van der Waals surface area contributed by atoms with Crippen molar-refractivity contribution in [1.29, 1.82) is 0 Å². The van der Waals surface area contributed by atoms with E-state index in [2.05, 4.69) is 0 Å². The Morgan fingerprint density at radius 2 is 1.55 bits per heavy atom. The van der Waals surface area contributed by atoms with E-state index in [-0.39, 0.29) is 12.1 Å². The molecule has 2 aromatic rings. The fourth-order valence-corrected chi connectivity index (χ4v) is 2.67. The van der Waals surface area contributed by atoms with Gasteiger partial charge >= 0.3 is 18.2 Å². The third-order valence-electron chi connectivity index (χ3n) is 3.92. The molecule has 0 aliphatic rings.